The largest absolute Gasteiger partial charge is 0.0912 e. The summed E-state index contributed by atoms with van der Waals surface area (Å²) in [4.78, 5) is 0. The van der Waals surface area contributed by atoms with E-state index in [1.165, 1.54) is 10.9 Å². The van der Waals surface area contributed by atoms with E-state index in [2.05, 4.69) is 28.5 Å². The summed E-state index contributed by atoms with van der Waals surface area (Å²) >= 11 is 9.25. The second kappa shape index (κ2) is 3.71. The Morgan fingerprint density at radius 3 is 2.40 bits per heavy atom. The topological polar surface area (TPSA) is 0 Å². The average Bonchev–Trinajstić information content (AvgIpc) is 1.88. The second-order valence-corrected chi connectivity index (χ2v) is 7.33. The van der Waals surface area contributed by atoms with Crippen LogP contribution in [0.1, 0.15) is 5.56 Å². The molecule has 0 spiro atoms. The normalized spacial score (nSPS) is 13.1. The van der Waals surface area contributed by atoms with Crippen LogP contribution in [0.5, 0.6) is 0 Å². The van der Waals surface area contributed by atoms with Crippen LogP contribution in [0.4, 0.5) is 0 Å². The number of halogens is 2. The number of aryl methyl sites for hydroxylation is 1. The predicted octanol–water partition coefficient (Wildman–Crippen LogP) is 3.57. The Kier molecular flexibility index (Phi) is 3.16. The third kappa shape index (κ3) is 1.95. The summed E-state index contributed by atoms with van der Waals surface area (Å²) in [6.45, 7) is 2.06. The molecule has 0 aromatic heterocycles. The molecule has 0 saturated carbocycles. The zero-order valence-electron chi connectivity index (χ0n) is 5.51. The zero-order valence-corrected chi connectivity index (χ0v) is 8.75. The first-order valence-corrected chi connectivity index (χ1v) is 7.15. The fraction of sp³-hybridized carbons (Fsp3) is 0.143. The molecule has 0 N–H and O–H groups in total. The Hall–Kier alpha value is 0.420. The molecule has 10 heavy (non-hydrogen) atoms. The van der Waals surface area contributed by atoms with Crippen molar-refractivity contribution in [2.24, 2.45) is 0 Å². The van der Waals surface area contributed by atoms with Gasteiger partial charge in [-0.05, 0) is 28.0 Å². The lowest BCUT2D eigenvalue weighted by Crippen LogP contribution is -1.97. The molecular formula is C7H7BrClP. The highest BCUT2D eigenvalue weighted by molar-refractivity contribution is 9.42. The maximum Gasteiger partial charge on any atom is 0.0912 e. The molecule has 0 saturated heterocycles. The summed E-state index contributed by atoms with van der Waals surface area (Å²) in [6, 6.07) is 8.12. The first kappa shape index (κ1) is 8.52. The molecule has 3 heteroatoms. The fourth-order valence-corrected chi connectivity index (χ4v) is 3.06. The third-order valence-corrected chi connectivity index (χ3v) is 3.86. The van der Waals surface area contributed by atoms with Crippen molar-refractivity contribution < 1.29 is 0 Å². The third-order valence-electron chi connectivity index (χ3n) is 1.30. The minimum absolute atomic E-state index is 0.632. The van der Waals surface area contributed by atoms with Gasteiger partial charge in [0.25, 0.3) is 0 Å². The lowest BCUT2D eigenvalue weighted by atomic mass is 10.2. The van der Waals surface area contributed by atoms with Crippen LogP contribution < -0.4 is 5.30 Å². The minimum Gasteiger partial charge on any atom is -0.0782 e. The van der Waals surface area contributed by atoms with Crippen molar-refractivity contribution in [1.82, 2.24) is 0 Å². The van der Waals surface area contributed by atoms with Crippen molar-refractivity contribution in [3.05, 3.63) is 29.8 Å². The van der Waals surface area contributed by atoms with Crippen molar-refractivity contribution in [2.75, 3.05) is 0 Å². The van der Waals surface area contributed by atoms with Crippen LogP contribution in [0.15, 0.2) is 24.3 Å². The van der Waals surface area contributed by atoms with Gasteiger partial charge < -0.3 is 0 Å². The van der Waals surface area contributed by atoms with Gasteiger partial charge in [0.05, 0.1) is 5.98 Å². The Balaban J connectivity index is 3.03. The molecule has 1 unspecified atom stereocenters. The first-order valence-electron chi connectivity index (χ1n) is 2.89. The highest BCUT2D eigenvalue weighted by Crippen LogP contribution is 2.48. The molecular weight excluding hydrogens is 230 g/mol. The summed E-state index contributed by atoms with van der Waals surface area (Å²) in [5.74, 6) is -0.632. The Labute approximate surface area is 74.9 Å². The van der Waals surface area contributed by atoms with Crippen LogP contribution in [-0.2, 0) is 0 Å². The summed E-state index contributed by atoms with van der Waals surface area (Å²) in [7, 11) is 0. The Bertz CT molecular complexity index is 225. The van der Waals surface area contributed by atoms with E-state index in [-0.39, 0.29) is 0 Å². The molecule has 0 nitrogen and oxygen atoms in total. The highest BCUT2D eigenvalue weighted by Gasteiger charge is 2.03. The van der Waals surface area contributed by atoms with E-state index < -0.39 is 5.98 Å². The van der Waals surface area contributed by atoms with Crippen molar-refractivity contribution >= 4 is 38.0 Å². The molecule has 0 aliphatic rings. The van der Waals surface area contributed by atoms with E-state index in [1.54, 1.807) is 0 Å². The van der Waals surface area contributed by atoms with Gasteiger partial charge in [0.1, 0.15) is 0 Å². The van der Waals surface area contributed by atoms with Gasteiger partial charge in [0.15, 0.2) is 0 Å². The second-order valence-electron chi connectivity index (χ2n) is 2.02. The van der Waals surface area contributed by atoms with E-state index in [1.807, 2.05) is 18.2 Å². The standard InChI is InChI=1S/C7H7BrClP/c1-6-4-2-3-5-7(6)10(8)9/h2-5H,1H3. The molecule has 1 aromatic carbocycles. The van der Waals surface area contributed by atoms with Crippen LogP contribution in [0.25, 0.3) is 0 Å². The van der Waals surface area contributed by atoms with E-state index in [0.29, 0.717) is 0 Å². The smallest absolute Gasteiger partial charge is 0.0782 e. The molecule has 54 valence electrons. The van der Waals surface area contributed by atoms with Gasteiger partial charge in [0.2, 0.25) is 0 Å². The maximum atomic E-state index is 5.89. The zero-order chi connectivity index (χ0) is 7.56. The van der Waals surface area contributed by atoms with Gasteiger partial charge in [-0.1, -0.05) is 35.5 Å². The molecule has 0 bridgehead atoms. The lowest BCUT2D eigenvalue weighted by molar-refractivity contribution is 1.52. The van der Waals surface area contributed by atoms with Crippen LogP contribution in [0.2, 0.25) is 0 Å². The number of rotatable bonds is 1. The predicted molar refractivity (Wildman–Crippen MR) is 52.5 cm³/mol. The minimum atomic E-state index is -0.632. The van der Waals surface area contributed by atoms with Crippen LogP contribution >= 0.6 is 32.7 Å². The monoisotopic (exact) mass is 236 g/mol. The molecule has 1 atom stereocenters. The molecule has 0 heterocycles. The van der Waals surface area contributed by atoms with Gasteiger partial charge in [-0.2, -0.15) is 0 Å². The van der Waals surface area contributed by atoms with Crippen molar-refractivity contribution in [3.63, 3.8) is 0 Å². The summed E-state index contributed by atoms with van der Waals surface area (Å²) < 4.78 is 0. The van der Waals surface area contributed by atoms with Crippen LogP contribution in [0, 0.1) is 6.92 Å². The molecule has 1 rings (SSSR count). The van der Waals surface area contributed by atoms with Crippen LogP contribution in [0.3, 0.4) is 0 Å². The molecule has 0 radical (unpaired) electrons. The van der Waals surface area contributed by atoms with Crippen LogP contribution in [-0.4, -0.2) is 0 Å². The van der Waals surface area contributed by atoms with Gasteiger partial charge in [0, 0.05) is 5.30 Å². The Morgan fingerprint density at radius 1 is 1.40 bits per heavy atom. The Morgan fingerprint density at radius 2 is 2.00 bits per heavy atom. The molecule has 0 aliphatic carbocycles. The number of hydrogen-bond acceptors (Lipinski definition) is 0. The molecule has 1 aromatic rings. The van der Waals surface area contributed by atoms with Crippen molar-refractivity contribution in [1.29, 1.82) is 0 Å². The molecule has 0 fully saturated rings. The number of hydrogen-bond donors (Lipinski definition) is 0. The van der Waals surface area contributed by atoms with Crippen molar-refractivity contribution in [2.45, 2.75) is 6.92 Å². The summed E-state index contributed by atoms with van der Waals surface area (Å²) in [5, 5.41) is 1.21. The van der Waals surface area contributed by atoms with Gasteiger partial charge in [-0.25, -0.2) is 0 Å². The summed E-state index contributed by atoms with van der Waals surface area (Å²) in [5.41, 5.74) is 1.25. The highest BCUT2D eigenvalue weighted by atomic mass is 79.9. The molecule has 0 aliphatic heterocycles. The van der Waals surface area contributed by atoms with Gasteiger partial charge in [-0.3, -0.25) is 0 Å². The number of benzene rings is 1. The van der Waals surface area contributed by atoms with E-state index >= 15 is 0 Å². The lowest BCUT2D eigenvalue weighted by Gasteiger charge is -2.03. The van der Waals surface area contributed by atoms with E-state index in [9.17, 15) is 0 Å². The van der Waals surface area contributed by atoms with E-state index in [4.69, 9.17) is 11.2 Å². The first-order chi connectivity index (χ1) is 4.72. The molecule has 0 amide bonds. The SMILES string of the molecule is Cc1ccccc1P(Cl)Br. The maximum absolute atomic E-state index is 5.89. The quantitative estimate of drug-likeness (QED) is 0.655. The van der Waals surface area contributed by atoms with Gasteiger partial charge in [-0.15, -0.1) is 0 Å². The van der Waals surface area contributed by atoms with Crippen molar-refractivity contribution in [3.8, 4) is 0 Å². The average molecular weight is 237 g/mol. The fourth-order valence-electron chi connectivity index (χ4n) is 0.753. The summed E-state index contributed by atoms with van der Waals surface area (Å²) in [6.07, 6.45) is 0. The van der Waals surface area contributed by atoms with Gasteiger partial charge >= 0.3 is 0 Å². The van der Waals surface area contributed by atoms with E-state index in [0.717, 1.165) is 0 Å².